The van der Waals surface area contributed by atoms with Crippen molar-refractivity contribution in [3.8, 4) is 0 Å². The quantitative estimate of drug-likeness (QED) is 0.723. The van der Waals surface area contributed by atoms with Crippen LogP contribution in [0.2, 0.25) is 0 Å². The molecule has 9 heteroatoms. The van der Waals surface area contributed by atoms with E-state index in [0.717, 1.165) is 17.0 Å². The number of rotatable bonds is 5. The maximum atomic E-state index is 12.8. The lowest BCUT2D eigenvalue weighted by molar-refractivity contribution is -0.137. The molecule has 0 saturated heterocycles. The number of hydrogen-bond donors (Lipinski definition) is 1. The first kappa shape index (κ1) is 18.1. The molecule has 5 nitrogen and oxygen atoms in total. The number of carbonyl (C=O) groups excluding carboxylic acids is 1. The van der Waals surface area contributed by atoms with Crippen molar-refractivity contribution in [1.82, 2.24) is 14.5 Å². The fraction of sp³-hybridized carbons (Fsp3) is 0.235. The number of benzene rings is 1. The van der Waals surface area contributed by atoms with E-state index >= 15 is 0 Å². The molecular weight excluding hydrogens is 365 g/mol. The first-order valence-electron chi connectivity index (χ1n) is 7.72. The smallest absolute Gasteiger partial charge is 0.325 e. The van der Waals surface area contributed by atoms with E-state index in [2.05, 4.69) is 15.3 Å². The molecule has 1 aromatic carbocycles. The van der Waals surface area contributed by atoms with Crippen LogP contribution in [-0.4, -0.2) is 20.4 Å². The molecule has 0 unspecified atom stereocenters. The second kappa shape index (κ2) is 7.28. The highest BCUT2D eigenvalue weighted by atomic mass is 32.1. The number of nitrogens with zero attached hydrogens (tertiary/aromatic N) is 3. The molecular formula is C17H15F3N4OS. The minimum atomic E-state index is -4.37. The average molecular weight is 380 g/mol. The third-order valence-electron chi connectivity index (χ3n) is 3.77. The predicted molar refractivity (Wildman–Crippen MR) is 91.9 cm³/mol. The number of anilines is 1. The highest BCUT2D eigenvalue weighted by molar-refractivity contribution is 7.15. The van der Waals surface area contributed by atoms with Crippen LogP contribution >= 0.6 is 11.3 Å². The summed E-state index contributed by atoms with van der Waals surface area (Å²) in [6.07, 6.45) is 2.32. The molecule has 26 heavy (non-hydrogen) atoms. The standard InChI is InChI=1S/C17H15F3N4OS/c1-11(24-6-5-21-10-24)15(25)23-16-22-9-14(26-16)8-12-3-2-4-13(7-12)17(18,19)20/h2-7,9-11H,8H2,1H3,(H,22,23,25)/t11-/m1/s1. The van der Waals surface area contributed by atoms with Gasteiger partial charge in [0.05, 0.1) is 11.9 Å². The number of imidazole rings is 1. The van der Waals surface area contributed by atoms with Crippen LogP contribution in [0, 0.1) is 0 Å². The van der Waals surface area contributed by atoms with E-state index in [1.54, 1.807) is 42.5 Å². The first-order chi connectivity index (χ1) is 12.3. The normalized spacial score (nSPS) is 12.8. The lowest BCUT2D eigenvalue weighted by atomic mass is 10.1. The molecule has 0 aliphatic carbocycles. The average Bonchev–Trinajstić information content (AvgIpc) is 3.26. The van der Waals surface area contributed by atoms with Crippen LogP contribution in [0.25, 0.3) is 0 Å². The maximum Gasteiger partial charge on any atom is 0.416 e. The SMILES string of the molecule is C[C@H](C(=O)Nc1ncc(Cc2cccc(C(F)(F)F)c2)s1)n1ccnc1. The highest BCUT2D eigenvalue weighted by Crippen LogP contribution is 2.30. The Morgan fingerprint density at radius 1 is 1.38 bits per heavy atom. The van der Waals surface area contributed by atoms with Crippen LogP contribution in [0.1, 0.15) is 29.0 Å². The van der Waals surface area contributed by atoms with Crippen molar-refractivity contribution < 1.29 is 18.0 Å². The van der Waals surface area contributed by atoms with E-state index in [1.165, 1.54) is 17.4 Å². The number of aromatic nitrogens is 3. The Kier molecular flexibility index (Phi) is 5.08. The molecule has 0 saturated carbocycles. The van der Waals surface area contributed by atoms with Crippen LogP contribution in [0.15, 0.2) is 49.2 Å². The zero-order valence-corrected chi connectivity index (χ0v) is 14.5. The molecule has 2 aromatic heterocycles. The molecule has 0 bridgehead atoms. The van der Waals surface area contributed by atoms with Gasteiger partial charge in [-0.3, -0.25) is 4.79 Å². The minimum Gasteiger partial charge on any atom is -0.325 e. The van der Waals surface area contributed by atoms with Gasteiger partial charge >= 0.3 is 6.18 Å². The van der Waals surface area contributed by atoms with E-state index in [4.69, 9.17) is 0 Å². The summed E-state index contributed by atoms with van der Waals surface area (Å²) in [6.45, 7) is 1.73. The molecule has 0 spiro atoms. The van der Waals surface area contributed by atoms with Crippen molar-refractivity contribution >= 4 is 22.4 Å². The molecule has 136 valence electrons. The third kappa shape index (κ3) is 4.29. The Bertz CT molecular complexity index is 890. The van der Waals surface area contributed by atoms with Crippen molar-refractivity contribution in [1.29, 1.82) is 0 Å². The van der Waals surface area contributed by atoms with E-state index < -0.39 is 17.8 Å². The van der Waals surface area contributed by atoms with Gasteiger partial charge in [-0.25, -0.2) is 9.97 Å². The van der Waals surface area contributed by atoms with Gasteiger partial charge in [-0.1, -0.05) is 18.2 Å². The van der Waals surface area contributed by atoms with Gasteiger partial charge in [0, 0.05) is 29.9 Å². The molecule has 3 aromatic rings. The van der Waals surface area contributed by atoms with Gasteiger partial charge in [-0.15, -0.1) is 11.3 Å². The number of amides is 1. The lowest BCUT2D eigenvalue weighted by Gasteiger charge is -2.11. The fourth-order valence-electron chi connectivity index (χ4n) is 2.35. The van der Waals surface area contributed by atoms with Gasteiger partial charge in [0.1, 0.15) is 6.04 Å². The summed E-state index contributed by atoms with van der Waals surface area (Å²) in [7, 11) is 0. The summed E-state index contributed by atoms with van der Waals surface area (Å²) in [6, 6.07) is 4.73. The summed E-state index contributed by atoms with van der Waals surface area (Å²) >= 11 is 1.23. The molecule has 3 rings (SSSR count). The molecule has 0 aliphatic rings. The molecule has 0 fully saturated rings. The van der Waals surface area contributed by atoms with Crippen molar-refractivity contribution in [3.05, 3.63) is 65.2 Å². The molecule has 0 aliphatic heterocycles. The Balaban J connectivity index is 1.66. The first-order valence-corrected chi connectivity index (χ1v) is 8.54. The fourth-order valence-corrected chi connectivity index (χ4v) is 3.20. The Morgan fingerprint density at radius 3 is 2.88 bits per heavy atom. The van der Waals surface area contributed by atoms with Gasteiger partial charge in [0.25, 0.3) is 0 Å². The maximum absolute atomic E-state index is 12.8. The minimum absolute atomic E-state index is 0.247. The number of thiazole rings is 1. The largest absolute Gasteiger partial charge is 0.416 e. The van der Waals surface area contributed by atoms with Crippen LogP contribution in [0.4, 0.5) is 18.3 Å². The predicted octanol–water partition coefficient (Wildman–Crippen LogP) is 4.15. The molecule has 1 N–H and O–H groups in total. The van der Waals surface area contributed by atoms with Gasteiger partial charge < -0.3 is 9.88 Å². The summed E-state index contributed by atoms with van der Waals surface area (Å²) in [4.78, 5) is 21.0. The number of carbonyl (C=O) groups is 1. The van der Waals surface area contributed by atoms with E-state index in [-0.39, 0.29) is 5.91 Å². The summed E-state index contributed by atoms with van der Waals surface area (Å²) < 4.78 is 40.0. The van der Waals surface area contributed by atoms with Crippen LogP contribution in [-0.2, 0) is 17.4 Å². The number of nitrogens with one attached hydrogen (secondary N) is 1. The number of hydrogen-bond acceptors (Lipinski definition) is 4. The van der Waals surface area contributed by atoms with Crippen LogP contribution in [0.5, 0.6) is 0 Å². The zero-order chi connectivity index (χ0) is 18.7. The van der Waals surface area contributed by atoms with Crippen molar-refractivity contribution in [2.75, 3.05) is 5.32 Å². The highest BCUT2D eigenvalue weighted by Gasteiger charge is 2.30. The van der Waals surface area contributed by atoms with E-state index in [1.807, 2.05) is 0 Å². The molecule has 1 amide bonds. The van der Waals surface area contributed by atoms with Crippen LogP contribution < -0.4 is 5.32 Å². The molecule has 1 atom stereocenters. The van der Waals surface area contributed by atoms with Gasteiger partial charge in [-0.05, 0) is 18.6 Å². The second-order valence-corrected chi connectivity index (χ2v) is 6.80. The summed E-state index contributed by atoms with van der Waals surface area (Å²) in [5, 5.41) is 3.12. The van der Waals surface area contributed by atoms with Gasteiger partial charge in [-0.2, -0.15) is 13.2 Å². The third-order valence-corrected chi connectivity index (χ3v) is 4.68. The Morgan fingerprint density at radius 2 is 2.19 bits per heavy atom. The topological polar surface area (TPSA) is 59.8 Å². The van der Waals surface area contributed by atoms with Crippen molar-refractivity contribution in [2.24, 2.45) is 0 Å². The number of halogens is 3. The summed E-state index contributed by atoms with van der Waals surface area (Å²) in [5.41, 5.74) is -0.143. The van der Waals surface area contributed by atoms with Crippen molar-refractivity contribution in [2.45, 2.75) is 25.6 Å². The molecule has 2 heterocycles. The lowest BCUT2D eigenvalue weighted by Crippen LogP contribution is -2.22. The van der Waals surface area contributed by atoms with Crippen LogP contribution in [0.3, 0.4) is 0 Å². The van der Waals surface area contributed by atoms with Crippen molar-refractivity contribution in [3.63, 3.8) is 0 Å². The number of alkyl halides is 3. The van der Waals surface area contributed by atoms with E-state index in [0.29, 0.717) is 17.1 Å². The molecule has 0 radical (unpaired) electrons. The zero-order valence-electron chi connectivity index (χ0n) is 13.7. The van der Waals surface area contributed by atoms with Gasteiger partial charge in [0.2, 0.25) is 5.91 Å². The summed E-state index contributed by atoms with van der Waals surface area (Å²) in [5.74, 6) is -0.247. The monoisotopic (exact) mass is 380 g/mol. The van der Waals surface area contributed by atoms with E-state index in [9.17, 15) is 18.0 Å². The van der Waals surface area contributed by atoms with Gasteiger partial charge in [0.15, 0.2) is 5.13 Å². The Hall–Kier alpha value is -2.68. The second-order valence-electron chi connectivity index (χ2n) is 5.68. The Labute approximate surface area is 151 Å².